The summed E-state index contributed by atoms with van der Waals surface area (Å²) >= 11 is 0. The highest BCUT2D eigenvalue weighted by molar-refractivity contribution is 6.12. The van der Waals surface area contributed by atoms with Crippen molar-refractivity contribution in [3.8, 4) is 5.75 Å². The van der Waals surface area contributed by atoms with Gasteiger partial charge in [-0.1, -0.05) is 53.2 Å². The predicted octanol–water partition coefficient (Wildman–Crippen LogP) is 5.57. The van der Waals surface area contributed by atoms with Crippen LogP contribution in [0.25, 0.3) is 11.0 Å². The minimum Gasteiger partial charge on any atom is -0.496 e. The van der Waals surface area contributed by atoms with E-state index in [9.17, 15) is 4.79 Å². The van der Waals surface area contributed by atoms with E-state index < -0.39 is 6.17 Å². The van der Waals surface area contributed by atoms with Crippen molar-refractivity contribution >= 4 is 28.3 Å². The fraction of sp³-hybridized carbons (Fsp3) is 0.138. The number of ether oxygens (including phenoxy) is 1. The summed E-state index contributed by atoms with van der Waals surface area (Å²) in [4.78, 5) is 15.6. The zero-order valence-electron chi connectivity index (χ0n) is 20.1. The number of carbonyl (C=O) groups is 1. The number of benzene rings is 4. The van der Waals surface area contributed by atoms with E-state index in [1.54, 1.807) is 7.11 Å². The lowest BCUT2D eigenvalue weighted by molar-refractivity contribution is 0.0975. The van der Waals surface area contributed by atoms with E-state index in [-0.39, 0.29) is 5.91 Å². The van der Waals surface area contributed by atoms with Crippen molar-refractivity contribution in [3.63, 3.8) is 0 Å². The molecule has 1 N–H and O–H groups in total. The van der Waals surface area contributed by atoms with Crippen LogP contribution >= 0.6 is 0 Å². The fourth-order valence-electron chi connectivity index (χ4n) is 4.75. The molecule has 178 valence electrons. The lowest BCUT2D eigenvalue weighted by Crippen LogP contribution is -2.43. The number of hydrogen-bond donors (Lipinski definition) is 1. The maximum atomic E-state index is 13.7. The predicted molar refractivity (Wildman–Crippen MR) is 140 cm³/mol. The normalized spacial score (nSPS) is 15.0. The van der Waals surface area contributed by atoms with Crippen LogP contribution in [-0.4, -0.2) is 28.0 Å². The van der Waals surface area contributed by atoms with Crippen molar-refractivity contribution < 1.29 is 9.53 Å². The summed E-state index contributed by atoms with van der Waals surface area (Å²) < 4.78 is 7.55. The SMILES string of the molecule is COc1ccc([C@@H]2Nc3ccccc3C(=O)N2c2ccc(C)cc2)cc1Cn1nnc2ccccc21. The Balaban J connectivity index is 1.44. The molecule has 36 heavy (non-hydrogen) atoms. The van der Waals surface area contributed by atoms with Gasteiger partial charge in [0.15, 0.2) is 0 Å². The summed E-state index contributed by atoms with van der Waals surface area (Å²) in [6.45, 7) is 2.52. The van der Waals surface area contributed by atoms with Gasteiger partial charge in [0, 0.05) is 16.9 Å². The van der Waals surface area contributed by atoms with Crippen LogP contribution in [0.15, 0.2) is 91.0 Å². The molecule has 6 rings (SSSR count). The van der Waals surface area contributed by atoms with E-state index >= 15 is 0 Å². The number of nitrogens with one attached hydrogen (secondary N) is 1. The molecule has 1 atom stereocenters. The van der Waals surface area contributed by atoms with E-state index in [0.717, 1.165) is 44.8 Å². The molecule has 5 aromatic rings. The van der Waals surface area contributed by atoms with Crippen molar-refractivity contribution in [1.29, 1.82) is 0 Å². The monoisotopic (exact) mass is 475 g/mol. The van der Waals surface area contributed by atoms with E-state index in [1.807, 2.05) is 101 Å². The van der Waals surface area contributed by atoms with Crippen molar-refractivity contribution in [2.75, 3.05) is 17.3 Å². The Morgan fingerprint density at radius 2 is 1.72 bits per heavy atom. The number of hydrogen-bond acceptors (Lipinski definition) is 5. The molecule has 0 saturated carbocycles. The van der Waals surface area contributed by atoms with Gasteiger partial charge in [-0.05, 0) is 61.0 Å². The number of carbonyl (C=O) groups excluding carboxylic acids is 1. The molecular weight excluding hydrogens is 450 g/mol. The average Bonchev–Trinajstić information content (AvgIpc) is 3.32. The Morgan fingerprint density at radius 1 is 0.944 bits per heavy atom. The van der Waals surface area contributed by atoms with Gasteiger partial charge in [0.2, 0.25) is 0 Å². The fourth-order valence-corrected chi connectivity index (χ4v) is 4.75. The second-order valence-electron chi connectivity index (χ2n) is 8.91. The lowest BCUT2D eigenvalue weighted by Gasteiger charge is -2.38. The minimum atomic E-state index is -0.396. The van der Waals surface area contributed by atoms with Crippen molar-refractivity contribution in [1.82, 2.24) is 15.0 Å². The molecule has 7 heteroatoms. The zero-order chi connectivity index (χ0) is 24.6. The van der Waals surface area contributed by atoms with E-state index in [2.05, 4.69) is 21.7 Å². The quantitative estimate of drug-likeness (QED) is 0.360. The highest BCUT2D eigenvalue weighted by Gasteiger charge is 2.34. The Labute approximate surface area is 208 Å². The zero-order valence-corrected chi connectivity index (χ0v) is 20.1. The first-order chi connectivity index (χ1) is 17.6. The van der Waals surface area contributed by atoms with Gasteiger partial charge >= 0.3 is 0 Å². The Bertz CT molecular complexity index is 1570. The first kappa shape index (κ1) is 21.9. The van der Waals surface area contributed by atoms with Crippen molar-refractivity contribution in [2.45, 2.75) is 19.6 Å². The largest absolute Gasteiger partial charge is 0.496 e. The molecule has 1 aliphatic rings. The first-order valence-corrected chi connectivity index (χ1v) is 11.8. The maximum Gasteiger partial charge on any atom is 0.262 e. The molecule has 0 bridgehead atoms. The third-order valence-electron chi connectivity index (χ3n) is 6.60. The molecule has 0 fully saturated rings. The van der Waals surface area contributed by atoms with E-state index in [0.29, 0.717) is 12.1 Å². The topological polar surface area (TPSA) is 72.3 Å². The summed E-state index contributed by atoms with van der Waals surface area (Å²) in [7, 11) is 1.66. The Morgan fingerprint density at radius 3 is 2.56 bits per heavy atom. The number of aromatic nitrogens is 3. The molecule has 0 aliphatic carbocycles. The van der Waals surface area contributed by atoms with Gasteiger partial charge in [-0.2, -0.15) is 0 Å². The smallest absolute Gasteiger partial charge is 0.262 e. The van der Waals surface area contributed by atoms with Crippen LogP contribution in [0.3, 0.4) is 0 Å². The van der Waals surface area contributed by atoms with Crippen LogP contribution in [0.1, 0.15) is 33.2 Å². The van der Waals surface area contributed by atoms with Gasteiger partial charge in [0.1, 0.15) is 17.4 Å². The second kappa shape index (κ2) is 8.85. The Hall–Kier alpha value is -4.65. The van der Waals surface area contributed by atoms with E-state index in [1.165, 1.54) is 0 Å². The minimum absolute atomic E-state index is 0.0437. The molecule has 4 aromatic carbocycles. The summed E-state index contributed by atoms with van der Waals surface area (Å²) in [5.74, 6) is 0.709. The van der Waals surface area contributed by atoms with Crippen LogP contribution in [-0.2, 0) is 6.54 Å². The maximum absolute atomic E-state index is 13.7. The van der Waals surface area contributed by atoms with Crippen LogP contribution in [0.4, 0.5) is 11.4 Å². The standard InChI is InChI=1S/C29H25N5O2/c1-19-11-14-22(15-12-19)34-28(30-24-8-4-3-7-23(24)29(34)35)20-13-16-27(36-2)21(17-20)18-33-26-10-6-5-9-25(26)31-32-33/h3-17,28,30H,18H2,1-2H3/t28-/m1/s1. The summed E-state index contributed by atoms with van der Waals surface area (Å²) in [6.07, 6.45) is -0.396. The molecule has 1 aliphatic heterocycles. The summed E-state index contributed by atoms with van der Waals surface area (Å²) in [6, 6.07) is 29.6. The van der Waals surface area contributed by atoms with Gasteiger partial charge in [0.05, 0.1) is 24.7 Å². The van der Waals surface area contributed by atoms with E-state index in [4.69, 9.17) is 4.74 Å². The number of amides is 1. The number of anilines is 2. The van der Waals surface area contributed by atoms with Gasteiger partial charge in [-0.3, -0.25) is 9.69 Å². The van der Waals surface area contributed by atoms with Gasteiger partial charge in [0.25, 0.3) is 5.91 Å². The number of nitrogens with zero attached hydrogens (tertiary/aromatic N) is 4. The highest BCUT2D eigenvalue weighted by atomic mass is 16.5. The molecule has 1 aromatic heterocycles. The van der Waals surface area contributed by atoms with Crippen LogP contribution in [0, 0.1) is 6.92 Å². The third kappa shape index (κ3) is 3.75. The molecule has 1 amide bonds. The highest BCUT2D eigenvalue weighted by Crippen LogP contribution is 2.38. The van der Waals surface area contributed by atoms with Crippen LogP contribution in [0.5, 0.6) is 5.75 Å². The number of aryl methyl sites for hydroxylation is 1. The Kier molecular flexibility index (Phi) is 5.37. The van der Waals surface area contributed by atoms with Gasteiger partial charge < -0.3 is 10.1 Å². The number of methoxy groups -OCH3 is 1. The van der Waals surface area contributed by atoms with Crippen LogP contribution < -0.4 is 15.0 Å². The number of fused-ring (bicyclic) bond motifs is 2. The molecule has 0 radical (unpaired) electrons. The summed E-state index contributed by atoms with van der Waals surface area (Å²) in [5, 5.41) is 12.2. The van der Waals surface area contributed by atoms with Crippen LogP contribution in [0.2, 0.25) is 0 Å². The molecule has 7 nitrogen and oxygen atoms in total. The van der Waals surface area contributed by atoms with Gasteiger partial charge in [-0.25, -0.2) is 4.68 Å². The van der Waals surface area contributed by atoms with Gasteiger partial charge in [-0.15, -0.1) is 5.10 Å². The average molecular weight is 476 g/mol. The molecular formula is C29H25N5O2. The first-order valence-electron chi connectivity index (χ1n) is 11.8. The van der Waals surface area contributed by atoms with Crippen molar-refractivity contribution in [2.24, 2.45) is 0 Å². The van der Waals surface area contributed by atoms with Crippen molar-refractivity contribution in [3.05, 3.63) is 113 Å². The summed E-state index contributed by atoms with van der Waals surface area (Å²) in [5.41, 5.74) is 7.12. The molecule has 0 unspecified atom stereocenters. The second-order valence-corrected chi connectivity index (χ2v) is 8.91. The lowest BCUT2D eigenvalue weighted by atomic mass is 10.0. The molecule has 0 saturated heterocycles. The molecule has 0 spiro atoms. The third-order valence-corrected chi connectivity index (χ3v) is 6.60. The number of para-hydroxylation sites is 2. The molecule has 2 heterocycles. The number of rotatable bonds is 5.